The highest BCUT2D eigenvalue weighted by molar-refractivity contribution is 5.37. The average molecular weight is 352 g/mol. The molecular formula is C14H20N6O5. The molecule has 0 aromatic carbocycles. The van der Waals surface area contributed by atoms with E-state index in [-0.39, 0.29) is 12.4 Å². The predicted molar refractivity (Wildman–Crippen MR) is 84.4 cm³/mol. The number of aliphatic hydroxyl groups is 3. The molecule has 0 aliphatic carbocycles. The number of nitrogens with two attached hydrogens (primary N) is 1. The summed E-state index contributed by atoms with van der Waals surface area (Å²) in [7, 11) is 0. The predicted octanol–water partition coefficient (Wildman–Crippen LogP) is -2.36. The van der Waals surface area contributed by atoms with Crippen LogP contribution in [0.25, 0.3) is 0 Å². The topological polar surface area (TPSA) is 162 Å². The van der Waals surface area contributed by atoms with Crippen molar-refractivity contribution in [3.8, 4) is 0 Å². The van der Waals surface area contributed by atoms with Gasteiger partial charge in [0.2, 0.25) is 0 Å². The fraction of sp³-hybridized carbons (Fsp3) is 0.571. The van der Waals surface area contributed by atoms with Crippen molar-refractivity contribution in [3.63, 3.8) is 0 Å². The van der Waals surface area contributed by atoms with E-state index in [4.69, 9.17) is 15.6 Å². The van der Waals surface area contributed by atoms with Gasteiger partial charge in [0.25, 0.3) is 0 Å². The van der Waals surface area contributed by atoms with Crippen molar-refractivity contribution in [1.82, 2.24) is 24.5 Å². The van der Waals surface area contributed by atoms with Crippen molar-refractivity contribution < 1.29 is 20.1 Å². The van der Waals surface area contributed by atoms with Crippen molar-refractivity contribution in [2.24, 2.45) is 0 Å². The second kappa shape index (κ2) is 6.88. The van der Waals surface area contributed by atoms with Gasteiger partial charge in [-0.1, -0.05) is 12.1 Å². The summed E-state index contributed by atoms with van der Waals surface area (Å²) in [6.45, 7) is 1.69. The summed E-state index contributed by atoms with van der Waals surface area (Å²) in [5, 5.41) is 37.1. The Morgan fingerprint density at radius 3 is 2.68 bits per heavy atom. The zero-order valence-corrected chi connectivity index (χ0v) is 13.6. The Kier molecular flexibility index (Phi) is 4.81. The fourth-order valence-electron chi connectivity index (χ4n) is 2.69. The molecule has 1 aliphatic rings. The lowest BCUT2D eigenvalue weighted by molar-refractivity contribution is -0.0550. The SMILES string of the molecule is CCc1cn(Cc2cn([C@@H]3O[C@H](CO)C(O)[C@@H]3O)c(=O)nc2N)nn1. The quantitative estimate of drug-likeness (QED) is 0.461. The summed E-state index contributed by atoms with van der Waals surface area (Å²) >= 11 is 0. The Labute approximate surface area is 142 Å². The lowest BCUT2D eigenvalue weighted by atomic mass is 10.1. The number of rotatable bonds is 5. The third kappa shape index (κ3) is 3.26. The summed E-state index contributed by atoms with van der Waals surface area (Å²) in [5.74, 6) is 0.0292. The molecule has 1 unspecified atom stereocenters. The molecule has 0 spiro atoms. The number of hydrogen-bond acceptors (Lipinski definition) is 9. The van der Waals surface area contributed by atoms with Crippen molar-refractivity contribution in [1.29, 1.82) is 0 Å². The van der Waals surface area contributed by atoms with Crippen molar-refractivity contribution in [2.75, 3.05) is 12.3 Å². The van der Waals surface area contributed by atoms with Crippen LogP contribution in [0.5, 0.6) is 0 Å². The molecule has 136 valence electrons. The minimum absolute atomic E-state index is 0.0292. The Balaban J connectivity index is 1.92. The molecule has 0 radical (unpaired) electrons. The minimum atomic E-state index is -1.38. The van der Waals surface area contributed by atoms with E-state index in [1.807, 2.05) is 6.92 Å². The molecule has 1 fully saturated rings. The molecule has 0 saturated carbocycles. The third-order valence-electron chi connectivity index (χ3n) is 4.13. The van der Waals surface area contributed by atoms with Gasteiger partial charge in [-0.15, -0.1) is 5.10 Å². The first-order valence-corrected chi connectivity index (χ1v) is 7.83. The molecule has 11 nitrogen and oxygen atoms in total. The third-order valence-corrected chi connectivity index (χ3v) is 4.13. The van der Waals surface area contributed by atoms with Crippen LogP contribution in [-0.4, -0.2) is 64.8 Å². The zero-order valence-electron chi connectivity index (χ0n) is 13.6. The lowest BCUT2D eigenvalue weighted by Crippen LogP contribution is -2.36. The van der Waals surface area contributed by atoms with Gasteiger partial charge in [0.1, 0.15) is 24.1 Å². The number of nitrogens with zero attached hydrogens (tertiary/aromatic N) is 5. The largest absolute Gasteiger partial charge is 0.394 e. The first-order chi connectivity index (χ1) is 11.9. The molecule has 25 heavy (non-hydrogen) atoms. The van der Waals surface area contributed by atoms with Crippen LogP contribution in [0, 0.1) is 0 Å². The van der Waals surface area contributed by atoms with Crippen LogP contribution in [0.4, 0.5) is 5.82 Å². The lowest BCUT2D eigenvalue weighted by Gasteiger charge is -2.18. The average Bonchev–Trinajstić information content (AvgIpc) is 3.16. The van der Waals surface area contributed by atoms with Gasteiger partial charge in [-0.3, -0.25) is 4.57 Å². The van der Waals surface area contributed by atoms with E-state index < -0.39 is 36.8 Å². The van der Waals surface area contributed by atoms with Gasteiger partial charge in [0, 0.05) is 18.0 Å². The van der Waals surface area contributed by atoms with Crippen LogP contribution in [0.2, 0.25) is 0 Å². The van der Waals surface area contributed by atoms with Gasteiger partial charge in [-0.05, 0) is 6.42 Å². The van der Waals surface area contributed by atoms with Crippen LogP contribution < -0.4 is 11.4 Å². The number of anilines is 1. The van der Waals surface area contributed by atoms with Gasteiger partial charge >= 0.3 is 5.69 Å². The Morgan fingerprint density at radius 1 is 1.32 bits per heavy atom. The van der Waals surface area contributed by atoms with E-state index in [0.29, 0.717) is 5.56 Å². The maximum absolute atomic E-state index is 12.1. The maximum Gasteiger partial charge on any atom is 0.351 e. The first-order valence-electron chi connectivity index (χ1n) is 7.83. The van der Waals surface area contributed by atoms with Crippen LogP contribution in [0.15, 0.2) is 17.2 Å². The molecule has 0 amide bonds. The first kappa shape index (κ1) is 17.5. The molecule has 3 rings (SSSR count). The number of ether oxygens (including phenoxy) is 1. The normalized spacial score (nSPS) is 26.2. The highest BCUT2D eigenvalue weighted by Crippen LogP contribution is 2.28. The second-order valence-electron chi connectivity index (χ2n) is 5.83. The van der Waals surface area contributed by atoms with Gasteiger partial charge < -0.3 is 25.8 Å². The van der Waals surface area contributed by atoms with Gasteiger partial charge in [-0.2, -0.15) is 4.98 Å². The van der Waals surface area contributed by atoms with Crippen LogP contribution in [0.1, 0.15) is 24.4 Å². The molecular weight excluding hydrogens is 332 g/mol. The Bertz CT molecular complexity index is 805. The fourth-order valence-corrected chi connectivity index (χ4v) is 2.69. The number of aliphatic hydroxyl groups excluding tert-OH is 3. The van der Waals surface area contributed by atoms with E-state index in [9.17, 15) is 15.0 Å². The van der Waals surface area contributed by atoms with Gasteiger partial charge in [-0.25, -0.2) is 9.48 Å². The van der Waals surface area contributed by atoms with E-state index in [0.717, 1.165) is 16.7 Å². The van der Waals surface area contributed by atoms with Crippen molar-refractivity contribution in [2.45, 2.75) is 44.4 Å². The van der Waals surface area contributed by atoms with E-state index in [1.54, 1.807) is 10.9 Å². The molecule has 4 atom stereocenters. The summed E-state index contributed by atoms with van der Waals surface area (Å²) in [5.41, 5.74) is 6.37. The maximum atomic E-state index is 12.1. The standard InChI is InChI=1S/C14H20N6O5/c1-2-8-5-19(18-17-8)3-7-4-20(14(24)16-12(7)15)13-11(23)10(22)9(6-21)25-13/h4-5,9-11,13,21-23H,2-3,6H2,1H3,(H2,15,16,24)/t9-,10?,11+,13-/m1/s1. The number of hydrogen-bond donors (Lipinski definition) is 4. The summed E-state index contributed by atoms with van der Waals surface area (Å²) < 4.78 is 7.97. The second-order valence-corrected chi connectivity index (χ2v) is 5.83. The molecule has 1 saturated heterocycles. The van der Waals surface area contributed by atoms with Gasteiger partial charge in [0.15, 0.2) is 6.23 Å². The minimum Gasteiger partial charge on any atom is -0.394 e. The molecule has 0 bridgehead atoms. The molecule has 1 aliphatic heterocycles. The van der Waals surface area contributed by atoms with Crippen LogP contribution in [-0.2, 0) is 17.7 Å². The molecule has 2 aromatic heterocycles. The zero-order chi connectivity index (χ0) is 18.1. The molecule has 11 heteroatoms. The smallest absolute Gasteiger partial charge is 0.351 e. The Hall–Kier alpha value is -2.34. The van der Waals surface area contributed by atoms with Crippen LogP contribution in [0.3, 0.4) is 0 Å². The summed E-state index contributed by atoms with van der Waals surface area (Å²) in [4.78, 5) is 15.9. The van der Waals surface area contributed by atoms with Crippen LogP contribution >= 0.6 is 0 Å². The van der Waals surface area contributed by atoms with Gasteiger partial charge in [0.05, 0.1) is 18.8 Å². The van der Waals surface area contributed by atoms with E-state index >= 15 is 0 Å². The van der Waals surface area contributed by atoms with E-state index in [1.165, 1.54) is 6.20 Å². The van der Waals surface area contributed by atoms with E-state index in [2.05, 4.69) is 15.3 Å². The number of aryl methyl sites for hydroxylation is 1. The monoisotopic (exact) mass is 352 g/mol. The number of nitrogen functional groups attached to an aromatic ring is 1. The molecule has 2 aromatic rings. The van der Waals surface area contributed by atoms with Crippen molar-refractivity contribution in [3.05, 3.63) is 34.1 Å². The summed E-state index contributed by atoms with van der Waals surface area (Å²) in [6, 6.07) is 0. The highest BCUT2D eigenvalue weighted by Gasteiger charge is 2.43. The summed E-state index contributed by atoms with van der Waals surface area (Å²) in [6.07, 6.45) is -0.976. The number of aromatic nitrogens is 5. The molecule has 5 N–H and O–H groups in total. The molecule has 3 heterocycles. The highest BCUT2D eigenvalue weighted by atomic mass is 16.6. The van der Waals surface area contributed by atoms with Crippen molar-refractivity contribution >= 4 is 5.82 Å². The Morgan fingerprint density at radius 2 is 2.08 bits per heavy atom.